The van der Waals surface area contributed by atoms with Crippen LogP contribution in [-0.4, -0.2) is 4.98 Å². The zero-order chi connectivity index (χ0) is 11.4. The SMILES string of the molecule is Cc1cccc(OCc2nc(CN)cs2)c1. The Kier molecular flexibility index (Phi) is 3.54. The van der Waals surface area contributed by atoms with Gasteiger partial charge in [0, 0.05) is 11.9 Å². The highest BCUT2D eigenvalue weighted by Crippen LogP contribution is 2.16. The van der Waals surface area contributed by atoms with Gasteiger partial charge < -0.3 is 10.5 Å². The maximum atomic E-state index is 5.64. The zero-order valence-corrected chi connectivity index (χ0v) is 9.96. The molecule has 0 bridgehead atoms. The molecule has 3 nitrogen and oxygen atoms in total. The van der Waals surface area contributed by atoms with Crippen LogP contribution in [0.4, 0.5) is 0 Å². The lowest BCUT2D eigenvalue weighted by Crippen LogP contribution is -1.98. The van der Waals surface area contributed by atoms with Crippen LogP contribution in [0, 0.1) is 6.92 Å². The van der Waals surface area contributed by atoms with Crippen molar-refractivity contribution in [3.8, 4) is 5.75 Å². The Morgan fingerprint density at radius 1 is 1.44 bits per heavy atom. The van der Waals surface area contributed by atoms with E-state index in [4.69, 9.17) is 10.5 Å². The molecule has 0 aliphatic rings. The molecule has 0 saturated heterocycles. The summed E-state index contributed by atoms with van der Waals surface area (Å²) in [6.45, 7) is 3.04. The number of aromatic nitrogens is 1. The van der Waals surface area contributed by atoms with Gasteiger partial charge >= 0.3 is 0 Å². The van der Waals surface area contributed by atoms with Gasteiger partial charge in [0.2, 0.25) is 0 Å². The van der Waals surface area contributed by atoms with Gasteiger partial charge in [-0.05, 0) is 24.6 Å². The van der Waals surface area contributed by atoms with Gasteiger partial charge in [0.25, 0.3) is 0 Å². The zero-order valence-electron chi connectivity index (χ0n) is 9.14. The Balaban J connectivity index is 1.96. The molecular weight excluding hydrogens is 220 g/mol. The summed E-state index contributed by atoms with van der Waals surface area (Å²) in [7, 11) is 0. The van der Waals surface area contributed by atoms with Crippen LogP contribution in [0.5, 0.6) is 5.75 Å². The second kappa shape index (κ2) is 5.09. The first-order chi connectivity index (χ1) is 7.78. The molecule has 2 aromatic rings. The molecule has 0 aliphatic heterocycles. The van der Waals surface area contributed by atoms with Crippen molar-refractivity contribution in [2.24, 2.45) is 5.73 Å². The molecule has 0 amide bonds. The monoisotopic (exact) mass is 234 g/mol. The number of rotatable bonds is 4. The fraction of sp³-hybridized carbons (Fsp3) is 0.250. The molecule has 0 unspecified atom stereocenters. The standard InChI is InChI=1S/C12H14N2OS/c1-9-3-2-4-11(5-9)15-7-12-14-10(6-13)8-16-12/h2-5,8H,6-7,13H2,1H3. The third-order valence-corrected chi connectivity index (χ3v) is 3.03. The van der Waals surface area contributed by atoms with Crippen molar-refractivity contribution >= 4 is 11.3 Å². The second-order valence-electron chi connectivity index (χ2n) is 3.54. The van der Waals surface area contributed by atoms with Crippen molar-refractivity contribution in [2.45, 2.75) is 20.1 Å². The van der Waals surface area contributed by atoms with E-state index in [1.807, 2.05) is 36.6 Å². The van der Waals surface area contributed by atoms with Gasteiger partial charge in [-0.3, -0.25) is 0 Å². The van der Waals surface area contributed by atoms with Gasteiger partial charge in [-0.1, -0.05) is 12.1 Å². The highest BCUT2D eigenvalue weighted by molar-refractivity contribution is 7.09. The van der Waals surface area contributed by atoms with Crippen LogP contribution < -0.4 is 10.5 Å². The summed E-state index contributed by atoms with van der Waals surface area (Å²) >= 11 is 1.58. The first-order valence-electron chi connectivity index (χ1n) is 5.11. The predicted octanol–water partition coefficient (Wildman–Crippen LogP) is 2.49. The van der Waals surface area contributed by atoms with Crippen LogP contribution in [0.25, 0.3) is 0 Å². The van der Waals surface area contributed by atoms with Gasteiger partial charge in [0.05, 0.1) is 5.69 Å². The van der Waals surface area contributed by atoms with E-state index in [-0.39, 0.29) is 0 Å². The molecule has 16 heavy (non-hydrogen) atoms. The Bertz CT molecular complexity index is 468. The average molecular weight is 234 g/mol. The maximum absolute atomic E-state index is 5.64. The Morgan fingerprint density at radius 3 is 3.00 bits per heavy atom. The van der Waals surface area contributed by atoms with Crippen molar-refractivity contribution < 1.29 is 4.74 Å². The molecule has 1 aromatic carbocycles. The van der Waals surface area contributed by atoms with E-state index in [2.05, 4.69) is 4.98 Å². The first-order valence-corrected chi connectivity index (χ1v) is 5.98. The minimum absolute atomic E-state index is 0.487. The molecule has 2 rings (SSSR count). The van der Waals surface area contributed by atoms with E-state index in [9.17, 15) is 0 Å². The van der Waals surface area contributed by atoms with E-state index < -0.39 is 0 Å². The number of nitrogens with zero attached hydrogens (tertiary/aromatic N) is 1. The lowest BCUT2D eigenvalue weighted by atomic mass is 10.2. The van der Waals surface area contributed by atoms with E-state index in [1.54, 1.807) is 11.3 Å². The number of hydrogen-bond acceptors (Lipinski definition) is 4. The van der Waals surface area contributed by atoms with Crippen LogP contribution in [0.1, 0.15) is 16.3 Å². The molecule has 2 N–H and O–H groups in total. The predicted molar refractivity (Wildman–Crippen MR) is 65.5 cm³/mol. The van der Waals surface area contributed by atoms with Crippen LogP contribution >= 0.6 is 11.3 Å². The van der Waals surface area contributed by atoms with Crippen molar-refractivity contribution in [2.75, 3.05) is 0 Å². The van der Waals surface area contributed by atoms with Crippen LogP contribution in [0.2, 0.25) is 0 Å². The van der Waals surface area contributed by atoms with Gasteiger partial charge in [-0.15, -0.1) is 11.3 Å². The summed E-state index contributed by atoms with van der Waals surface area (Å²) in [5, 5.41) is 2.93. The molecule has 84 valence electrons. The first kappa shape index (κ1) is 11.1. The van der Waals surface area contributed by atoms with Crippen molar-refractivity contribution in [3.63, 3.8) is 0 Å². The maximum Gasteiger partial charge on any atom is 0.140 e. The Morgan fingerprint density at radius 2 is 2.31 bits per heavy atom. The molecule has 1 aromatic heterocycles. The highest BCUT2D eigenvalue weighted by atomic mass is 32.1. The average Bonchev–Trinajstić information content (AvgIpc) is 2.74. The largest absolute Gasteiger partial charge is 0.486 e. The third-order valence-electron chi connectivity index (χ3n) is 2.16. The second-order valence-corrected chi connectivity index (χ2v) is 4.48. The smallest absolute Gasteiger partial charge is 0.140 e. The van der Waals surface area contributed by atoms with Crippen LogP contribution in [-0.2, 0) is 13.2 Å². The number of aryl methyl sites for hydroxylation is 1. The molecule has 4 heteroatoms. The summed E-state index contributed by atoms with van der Waals surface area (Å²) in [6.07, 6.45) is 0. The summed E-state index contributed by atoms with van der Waals surface area (Å²) in [4.78, 5) is 4.33. The van der Waals surface area contributed by atoms with Gasteiger partial charge in [0.1, 0.15) is 17.4 Å². The molecule has 1 heterocycles. The van der Waals surface area contributed by atoms with Crippen LogP contribution in [0.3, 0.4) is 0 Å². The molecule has 0 atom stereocenters. The highest BCUT2D eigenvalue weighted by Gasteiger charge is 2.01. The Labute approximate surface area is 98.9 Å². The van der Waals surface area contributed by atoms with Crippen LogP contribution in [0.15, 0.2) is 29.6 Å². The molecule has 0 saturated carbocycles. The minimum atomic E-state index is 0.487. The number of hydrogen-bond donors (Lipinski definition) is 1. The minimum Gasteiger partial charge on any atom is -0.486 e. The fourth-order valence-corrected chi connectivity index (χ4v) is 2.08. The van der Waals surface area contributed by atoms with Crippen molar-refractivity contribution in [1.29, 1.82) is 0 Å². The van der Waals surface area contributed by atoms with E-state index >= 15 is 0 Å². The molecular formula is C12H14N2OS. The number of nitrogens with two attached hydrogens (primary N) is 1. The van der Waals surface area contributed by atoms with E-state index in [1.165, 1.54) is 5.56 Å². The topological polar surface area (TPSA) is 48.1 Å². The number of thiazole rings is 1. The lowest BCUT2D eigenvalue weighted by Gasteiger charge is -2.04. The van der Waals surface area contributed by atoms with E-state index in [0.29, 0.717) is 13.2 Å². The summed E-state index contributed by atoms with van der Waals surface area (Å²) in [5.74, 6) is 0.879. The fourth-order valence-electron chi connectivity index (χ4n) is 1.36. The molecule has 0 spiro atoms. The lowest BCUT2D eigenvalue weighted by molar-refractivity contribution is 0.305. The van der Waals surface area contributed by atoms with Crippen molar-refractivity contribution in [3.05, 3.63) is 45.9 Å². The van der Waals surface area contributed by atoms with Gasteiger partial charge in [0.15, 0.2) is 0 Å². The molecule has 0 radical (unpaired) electrons. The molecule has 0 fully saturated rings. The summed E-state index contributed by atoms with van der Waals surface area (Å²) in [5.41, 5.74) is 7.61. The van der Waals surface area contributed by atoms with Crippen molar-refractivity contribution in [1.82, 2.24) is 4.98 Å². The summed E-state index contributed by atoms with van der Waals surface area (Å²) in [6, 6.07) is 7.99. The number of ether oxygens (including phenoxy) is 1. The summed E-state index contributed by atoms with van der Waals surface area (Å²) < 4.78 is 5.64. The van der Waals surface area contributed by atoms with E-state index in [0.717, 1.165) is 16.5 Å². The number of benzene rings is 1. The quantitative estimate of drug-likeness (QED) is 0.884. The third kappa shape index (κ3) is 2.81. The van der Waals surface area contributed by atoms with Gasteiger partial charge in [-0.2, -0.15) is 0 Å². The Hall–Kier alpha value is -1.39. The molecule has 0 aliphatic carbocycles. The normalized spacial score (nSPS) is 10.4. The van der Waals surface area contributed by atoms with Gasteiger partial charge in [-0.25, -0.2) is 4.98 Å².